The van der Waals surface area contributed by atoms with Crippen LogP contribution in [0.1, 0.15) is 34.7 Å². The van der Waals surface area contributed by atoms with Crippen molar-refractivity contribution >= 4 is 23.0 Å². The first-order valence-corrected chi connectivity index (χ1v) is 7.76. The highest BCUT2D eigenvalue weighted by Gasteiger charge is 2.30. The highest BCUT2D eigenvalue weighted by Crippen LogP contribution is 2.32. The molecule has 0 saturated heterocycles. The van der Waals surface area contributed by atoms with Crippen LogP contribution in [0.5, 0.6) is 0 Å². The Bertz CT molecular complexity index is 737. The molecule has 1 unspecified atom stereocenters. The summed E-state index contributed by atoms with van der Waals surface area (Å²) in [5.41, 5.74) is 11.8. The molecule has 22 heavy (non-hydrogen) atoms. The Morgan fingerprint density at radius 2 is 1.86 bits per heavy atom. The Morgan fingerprint density at radius 1 is 1.14 bits per heavy atom. The summed E-state index contributed by atoms with van der Waals surface area (Å²) in [6.07, 6.45) is 0.809. The number of rotatable bonds is 2. The predicted octanol–water partition coefficient (Wildman–Crippen LogP) is 3.70. The second-order valence-corrected chi connectivity index (χ2v) is 6.08. The molecule has 0 saturated carbocycles. The second kappa shape index (κ2) is 5.89. The topological polar surface area (TPSA) is 41.6 Å². The fourth-order valence-electron chi connectivity index (χ4n) is 2.74. The molecule has 3 nitrogen and oxygen atoms in total. The van der Waals surface area contributed by atoms with Crippen LogP contribution in [0.4, 0.5) is 0 Å². The Morgan fingerprint density at radius 3 is 2.50 bits per heavy atom. The van der Waals surface area contributed by atoms with Gasteiger partial charge in [-0.25, -0.2) is 5.01 Å². The first-order valence-electron chi connectivity index (χ1n) is 7.35. The van der Waals surface area contributed by atoms with Gasteiger partial charge >= 0.3 is 0 Å². The van der Waals surface area contributed by atoms with Gasteiger partial charge in [0.15, 0.2) is 5.11 Å². The summed E-state index contributed by atoms with van der Waals surface area (Å²) in [5.74, 6) is 0. The molecule has 4 heteroatoms. The van der Waals surface area contributed by atoms with E-state index in [2.05, 4.69) is 49.3 Å². The maximum absolute atomic E-state index is 5.87. The van der Waals surface area contributed by atoms with E-state index in [-0.39, 0.29) is 6.04 Å². The molecule has 2 aromatic rings. The third-order valence-electron chi connectivity index (χ3n) is 4.16. The van der Waals surface area contributed by atoms with Crippen molar-refractivity contribution in [2.45, 2.75) is 26.3 Å². The molecule has 0 fully saturated rings. The minimum atomic E-state index is 0.0790. The van der Waals surface area contributed by atoms with Crippen LogP contribution in [-0.4, -0.2) is 15.8 Å². The zero-order valence-corrected chi connectivity index (χ0v) is 13.6. The van der Waals surface area contributed by atoms with E-state index in [1.54, 1.807) is 5.01 Å². The van der Waals surface area contributed by atoms with Gasteiger partial charge in [-0.05, 0) is 54.4 Å². The van der Waals surface area contributed by atoms with Gasteiger partial charge in [0.05, 0.1) is 11.8 Å². The monoisotopic (exact) mass is 309 g/mol. The van der Waals surface area contributed by atoms with Gasteiger partial charge in [0.1, 0.15) is 0 Å². The molecule has 0 bridgehead atoms. The van der Waals surface area contributed by atoms with Crippen molar-refractivity contribution in [3.63, 3.8) is 0 Å². The maximum atomic E-state index is 5.87. The molecule has 1 atom stereocenters. The molecule has 0 aromatic heterocycles. The van der Waals surface area contributed by atoms with Crippen molar-refractivity contribution in [1.82, 2.24) is 5.01 Å². The summed E-state index contributed by atoms with van der Waals surface area (Å²) in [5, 5.41) is 6.74. The standard InChI is InChI=1S/C18H19N3S/c1-12-8-9-15(10-13(12)2)16-11-17(21(20-16)18(19)22)14-6-4-3-5-7-14/h3-10,17H,11H2,1-2H3,(H2,19,22). The number of hydrogen-bond donors (Lipinski definition) is 1. The normalized spacial score (nSPS) is 17.5. The van der Waals surface area contributed by atoms with Crippen LogP contribution >= 0.6 is 12.2 Å². The number of hydrogen-bond acceptors (Lipinski definition) is 2. The van der Waals surface area contributed by atoms with Crippen molar-refractivity contribution in [1.29, 1.82) is 0 Å². The second-order valence-electron chi connectivity index (χ2n) is 5.66. The lowest BCUT2D eigenvalue weighted by Crippen LogP contribution is -2.31. The molecule has 1 heterocycles. The predicted molar refractivity (Wildman–Crippen MR) is 94.9 cm³/mol. The van der Waals surface area contributed by atoms with Crippen LogP contribution in [0.25, 0.3) is 0 Å². The van der Waals surface area contributed by atoms with Crippen molar-refractivity contribution in [2.24, 2.45) is 10.8 Å². The van der Waals surface area contributed by atoms with Crippen LogP contribution in [0.15, 0.2) is 53.6 Å². The van der Waals surface area contributed by atoms with Crippen LogP contribution in [-0.2, 0) is 0 Å². The van der Waals surface area contributed by atoms with Crippen LogP contribution < -0.4 is 5.73 Å². The highest BCUT2D eigenvalue weighted by molar-refractivity contribution is 7.80. The van der Waals surface area contributed by atoms with Gasteiger partial charge in [-0.2, -0.15) is 5.10 Å². The van der Waals surface area contributed by atoms with Gasteiger partial charge in [-0.3, -0.25) is 0 Å². The van der Waals surface area contributed by atoms with Gasteiger partial charge < -0.3 is 5.73 Å². The molecule has 1 aliphatic rings. The molecular weight excluding hydrogens is 290 g/mol. The van der Waals surface area contributed by atoms with Crippen molar-refractivity contribution in [3.05, 3.63) is 70.8 Å². The maximum Gasteiger partial charge on any atom is 0.187 e. The average molecular weight is 309 g/mol. The fourth-order valence-corrected chi connectivity index (χ4v) is 2.91. The summed E-state index contributed by atoms with van der Waals surface area (Å²) < 4.78 is 0. The summed E-state index contributed by atoms with van der Waals surface area (Å²) in [4.78, 5) is 0. The van der Waals surface area contributed by atoms with Gasteiger partial charge in [0.25, 0.3) is 0 Å². The lowest BCUT2D eigenvalue weighted by molar-refractivity contribution is 0.373. The molecule has 0 radical (unpaired) electrons. The Kier molecular flexibility index (Phi) is 3.94. The first-order chi connectivity index (χ1) is 10.6. The molecule has 0 amide bonds. The quantitative estimate of drug-likeness (QED) is 0.860. The lowest BCUT2D eigenvalue weighted by atomic mass is 9.97. The first kappa shape index (κ1) is 14.7. The zero-order chi connectivity index (χ0) is 15.7. The number of nitrogens with zero attached hydrogens (tertiary/aromatic N) is 2. The molecule has 3 rings (SSSR count). The molecule has 112 valence electrons. The van der Waals surface area contributed by atoms with Gasteiger partial charge in [0.2, 0.25) is 0 Å². The SMILES string of the molecule is Cc1ccc(C2=NN(C(N)=S)C(c3ccccc3)C2)cc1C. The third-order valence-corrected chi connectivity index (χ3v) is 4.35. The van der Waals surface area contributed by atoms with E-state index in [0.29, 0.717) is 5.11 Å². The van der Waals surface area contributed by atoms with Crippen LogP contribution in [0.3, 0.4) is 0 Å². The summed E-state index contributed by atoms with van der Waals surface area (Å²) >= 11 is 5.18. The number of nitrogens with two attached hydrogens (primary N) is 1. The van der Waals surface area contributed by atoms with E-state index in [1.165, 1.54) is 16.7 Å². The van der Waals surface area contributed by atoms with E-state index < -0.39 is 0 Å². The van der Waals surface area contributed by atoms with E-state index in [0.717, 1.165) is 17.7 Å². The number of benzene rings is 2. The zero-order valence-electron chi connectivity index (χ0n) is 12.8. The largest absolute Gasteiger partial charge is 0.375 e. The third kappa shape index (κ3) is 2.74. The Balaban J connectivity index is 1.96. The number of hydrazone groups is 1. The highest BCUT2D eigenvalue weighted by atomic mass is 32.1. The van der Waals surface area contributed by atoms with Crippen LogP contribution in [0.2, 0.25) is 0 Å². The Hall–Kier alpha value is -2.20. The molecular formula is C18H19N3S. The van der Waals surface area contributed by atoms with E-state index >= 15 is 0 Å². The smallest absolute Gasteiger partial charge is 0.187 e. The van der Waals surface area contributed by atoms with Gasteiger partial charge in [-0.1, -0.05) is 42.5 Å². The summed E-state index contributed by atoms with van der Waals surface area (Å²) in [6, 6.07) is 16.8. The summed E-state index contributed by atoms with van der Waals surface area (Å²) in [7, 11) is 0. The Labute approximate surface area is 136 Å². The minimum absolute atomic E-state index is 0.0790. The van der Waals surface area contributed by atoms with E-state index in [4.69, 9.17) is 18.0 Å². The molecule has 2 N–H and O–H groups in total. The number of aryl methyl sites for hydroxylation is 2. The van der Waals surface area contributed by atoms with Gasteiger partial charge in [0, 0.05) is 6.42 Å². The lowest BCUT2D eigenvalue weighted by Gasteiger charge is -2.21. The van der Waals surface area contributed by atoms with Crippen molar-refractivity contribution in [2.75, 3.05) is 0 Å². The summed E-state index contributed by atoms with van der Waals surface area (Å²) in [6.45, 7) is 4.23. The molecule has 2 aromatic carbocycles. The van der Waals surface area contributed by atoms with E-state index in [9.17, 15) is 0 Å². The van der Waals surface area contributed by atoms with Crippen molar-refractivity contribution < 1.29 is 0 Å². The molecule has 0 spiro atoms. The van der Waals surface area contributed by atoms with Gasteiger partial charge in [-0.15, -0.1) is 0 Å². The van der Waals surface area contributed by atoms with E-state index in [1.807, 2.05) is 18.2 Å². The molecule has 0 aliphatic carbocycles. The minimum Gasteiger partial charge on any atom is -0.375 e. The fraction of sp³-hybridized carbons (Fsp3) is 0.222. The van der Waals surface area contributed by atoms with Crippen LogP contribution in [0, 0.1) is 13.8 Å². The average Bonchev–Trinajstić information content (AvgIpc) is 2.96. The number of thiocarbonyl (C=S) groups is 1. The van der Waals surface area contributed by atoms with Crippen molar-refractivity contribution in [3.8, 4) is 0 Å². The molecule has 1 aliphatic heterocycles.